The van der Waals surface area contributed by atoms with E-state index in [1.54, 1.807) is 18.3 Å². The Bertz CT molecular complexity index is 1130. The average Bonchev–Trinajstić information content (AvgIpc) is 3.24. The number of carbonyl (C=O) groups is 2. The van der Waals surface area contributed by atoms with Crippen LogP contribution in [-0.4, -0.2) is 37.6 Å². The molecule has 0 radical (unpaired) electrons. The largest absolute Gasteiger partial charge is 0.350 e. The van der Waals surface area contributed by atoms with Crippen molar-refractivity contribution in [3.8, 4) is 0 Å². The van der Waals surface area contributed by atoms with Gasteiger partial charge in [-0.15, -0.1) is 11.3 Å². The molecule has 2 amide bonds. The Morgan fingerprint density at radius 3 is 2.54 bits per heavy atom. The van der Waals surface area contributed by atoms with Crippen LogP contribution >= 0.6 is 11.3 Å². The van der Waals surface area contributed by atoms with Crippen molar-refractivity contribution in [3.63, 3.8) is 0 Å². The van der Waals surface area contributed by atoms with Crippen molar-refractivity contribution < 1.29 is 18.0 Å². The molecular formula is C18H20N4O4S2. The van der Waals surface area contributed by atoms with Crippen molar-refractivity contribution in [2.45, 2.75) is 6.42 Å². The van der Waals surface area contributed by atoms with Crippen molar-refractivity contribution in [1.82, 2.24) is 20.1 Å². The number of benzene rings is 1. The van der Waals surface area contributed by atoms with E-state index in [-0.39, 0.29) is 6.54 Å². The highest BCUT2D eigenvalue weighted by Gasteiger charge is 2.15. The molecule has 3 rings (SSSR count). The Kier molecular flexibility index (Phi) is 5.82. The van der Waals surface area contributed by atoms with Gasteiger partial charge in [-0.2, -0.15) is 0 Å². The fourth-order valence-corrected chi connectivity index (χ4v) is 4.13. The Morgan fingerprint density at radius 2 is 1.79 bits per heavy atom. The van der Waals surface area contributed by atoms with E-state index in [1.165, 1.54) is 11.3 Å². The van der Waals surface area contributed by atoms with E-state index >= 15 is 0 Å². The SMILES string of the molecule is Cn1cc(C(=O)NNC(=O)c2ccc(CCNS(C)(=O)=O)s2)c2ccccc21. The summed E-state index contributed by atoms with van der Waals surface area (Å²) in [5.41, 5.74) is 6.24. The normalized spacial score (nSPS) is 11.5. The maximum absolute atomic E-state index is 12.4. The fourth-order valence-electron chi connectivity index (χ4n) is 2.76. The summed E-state index contributed by atoms with van der Waals surface area (Å²) in [6.45, 7) is 0.262. The van der Waals surface area contributed by atoms with Gasteiger partial charge in [-0.05, 0) is 24.6 Å². The molecule has 0 saturated carbocycles. The molecule has 0 atom stereocenters. The lowest BCUT2D eigenvalue weighted by molar-refractivity contribution is 0.0849. The maximum atomic E-state index is 12.4. The highest BCUT2D eigenvalue weighted by molar-refractivity contribution is 7.88. The van der Waals surface area contributed by atoms with E-state index in [1.807, 2.05) is 35.9 Å². The minimum atomic E-state index is -3.24. The van der Waals surface area contributed by atoms with Crippen molar-refractivity contribution >= 4 is 44.1 Å². The highest BCUT2D eigenvalue weighted by atomic mass is 32.2. The van der Waals surface area contributed by atoms with Gasteiger partial charge < -0.3 is 4.57 Å². The molecule has 0 fully saturated rings. The lowest BCUT2D eigenvalue weighted by Gasteiger charge is -2.05. The molecule has 2 aromatic heterocycles. The second-order valence-electron chi connectivity index (χ2n) is 6.26. The monoisotopic (exact) mass is 420 g/mol. The Labute approximate surface area is 166 Å². The van der Waals surface area contributed by atoms with Crippen LogP contribution in [0.4, 0.5) is 0 Å². The third-order valence-electron chi connectivity index (χ3n) is 4.05. The number of aryl methyl sites for hydroxylation is 1. The van der Waals surface area contributed by atoms with E-state index in [2.05, 4.69) is 15.6 Å². The quantitative estimate of drug-likeness (QED) is 0.524. The predicted octanol–water partition coefficient (Wildman–Crippen LogP) is 1.41. The van der Waals surface area contributed by atoms with Gasteiger partial charge in [0.05, 0.1) is 16.7 Å². The number of hydrazine groups is 1. The van der Waals surface area contributed by atoms with Gasteiger partial charge in [0, 0.05) is 35.6 Å². The molecule has 0 aliphatic heterocycles. The van der Waals surface area contributed by atoms with Crippen LogP contribution in [0.25, 0.3) is 10.9 Å². The van der Waals surface area contributed by atoms with Gasteiger partial charge in [-0.1, -0.05) is 18.2 Å². The summed E-state index contributed by atoms with van der Waals surface area (Å²) in [6.07, 6.45) is 3.29. The van der Waals surface area contributed by atoms with E-state index in [4.69, 9.17) is 0 Å². The number of fused-ring (bicyclic) bond motifs is 1. The second kappa shape index (κ2) is 8.13. The average molecular weight is 421 g/mol. The summed E-state index contributed by atoms with van der Waals surface area (Å²) in [6, 6.07) is 10.9. The number of sulfonamides is 1. The van der Waals surface area contributed by atoms with E-state index < -0.39 is 21.8 Å². The zero-order valence-corrected chi connectivity index (χ0v) is 17.0. The molecule has 0 aliphatic carbocycles. The first-order valence-corrected chi connectivity index (χ1v) is 11.1. The number of amides is 2. The molecule has 10 heteroatoms. The van der Waals surface area contributed by atoms with Crippen LogP contribution in [0.2, 0.25) is 0 Å². The number of nitrogens with one attached hydrogen (secondary N) is 3. The lowest BCUT2D eigenvalue weighted by Crippen LogP contribution is -2.41. The van der Waals surface area contributed by atoms with Crippen LogP contribution in [-0.2, 0) is 23.5 Å². The van der Waals surface area contributed by atoms with E-state index in [0.29, 0.717) is 16.9 Å². The summed E-state index contributed by atoms with van der Waals surface area (Å²) in [4.78, 5) is 26.0. The minimum absolute atomic E-state index is 0.262. The Balaban J connectivity index is 1.59. The number of thiophene rings is 1. The number of para-hydroxylation sites is 1. The first kappa shape index (κ1) is 20.1. The molecular weight excluding hydrogens is 400 g/mol. The Hall–Kier alpha value is -2.69. The molecule has 1 aromatic carbocycles. The smallest absolute Gasteiger partial charge is 0.279 e. The molecule has 148 valence electrons. The van der Waals surface area contributed by atoms with Crippen molar-refractivity contribution in [3.05, 3.63) is 57.9 Å². The third kappa shape index (κ3) is 4.77. The van der Waals surface area contributed by atoms with Gasteiger partial charge in [-0.3, -0.25) is 20.4 Å². The van der Waals surface area contributed by atoms with Gasteiger partial charge in [0.15, 0.2) is 0 Å². The molecule has 0 aliphatic rings. The second-order valence-corrected chi connectivity index (χ2v) is 9.26. The maximum Gasteiger partial charge on any atom is 0.279 e. The van der Waals surface area contributed by atoms with Crippen molar-refractivity contribution in [1.29, 1.82) is 0 Å². The van der Waals surface area contributed by atoms with Crippen molar-refractivity contribution in [2.75, 3.05) is 12.8 Å². The number of rotatable bonds is 6. The number of carbonyl (C=O) groups excluding carboxylic acids is 2. The van der Waals surface area contributed by atoms with Crippen LogP contribution in [0.3, 0.4) is 0 Å². The van der Waals surface area contributed by atoms with Gasteiger partial charge >= 0.3 is 0 Å². The lowest BCUT2D eigenvalue weighted by atomic mass is 10.2. The summed E-state index contributed by atoms with van der Waals surface area (Å²) >= 11 is 1.24. The van der Waals surface area contributed by atoms with Crippen molar-refractivity contribution in [2.24, 2.45) is 7.05 Å². The first-order valence-electron chi connectivity index (χ1n) is 8.43. The number of hydrogen-bond donors (Lipinski definition) is 3. The summed E-state index contributed by atoms with van der Waals surface area (Å²) in [5.74, 6) is -0.833. The third-order valence-corrected chi connectivity index (χ3v) is 5.92. The molecule has 0 bridgehead atoms. The molecule has 3 N–H and O–H groups in total. The fraction of sp³-hybridized carbons (Fsp3) is 0.222. The summed E-state index contributed by atoms with van der Waals surface area (Å²) in [7, 11) is -1.39. The molecule has 0 unspecified atom stereocenters. The Morgan fingerprint density at radius 1 is 1.07 bits per heavy atom. The van der Waals surface area contributed by atoms with Gasteiger partial charge in [-0.25, -0.2) is 13.1 Å². The van der Waals surface area contributed by atoms with Crippen LogP contribution in [0.5, 0.6) is 0 Å². The molecule has 2 heterocycles. The van der Waals surface area contributed by atoms with E-state index in [9.17, 15) is 18.0 Å². The van der Waals surface area contributed by atoms with Gasteiger partial charge in [0.25, 0.3) is 11.8 Å². The number of hydrogen-bond acceptors (Lipinski definition) is 5. The molecule has 3 aromatic rings. The van der Waals surface area contributed by atoms with Gasteiger partial charge in [0.2, 0.25) is 10.0 Å². The zero-order valence-electron chi connectivity index (χ0n) is 15.4. The summed E-state index contributed by atoms with van der Waals surface area (Å²) < 4.78 is 26.4. The number of nitrogens with zero attached hydrogens (tertiary/aromatic N) is 1. The van der Waals surface area contributed by atoms with Crippen LogP contribution < -0.4 is 15.6 Å². The molecule has 0 saturated heterocycles. The molecule has 8 nitrogen and oxygen atoms in total. The minimum Gasteiger partial charge on any atom is -0.350 e. The molecule has 28 heavy (non-hydrogen) atoms. The van der Waals surface area contributed by atoms with Crippen LogP contribution in [0, 0.1) is 0 Å². The summed E-state index contributed by atoms with van der Waals surface area (Å²) in [5, 5.41) is 0.800. The van der Waals surface area contributed by atoms with E-state index in [0.717, 1.165) is 22.0 Å². The highest BCUT2D eigenvalue weighted by Crippen LogP contribution is 2.20. The number of aromatic nitrogens is 1. The standard InChI is InChI=1S/C18H20N4O4S2/c1-22-11-14(13-5-3-4-6-15(13)22)17(23)20-21-18(24)16-8-7-12(27-16)9-10-19-28(2,25)26/h3-8,11,19H,9-10H2,1-2H3,(H,20,23)(H,21,24). The van der Waals surface area contributed by atoms with Crippen LogP contribution in [0.1, 0.15) is 24.9 Å². The molecule has 0 spiro atoms. The topological polar surface area (TPSA) is 109 Å². The predicted molar refractivity (Wildman–Crippen MR) is 109 cm³/mol. The van der Waals surface area contributed by atoms with Gasteiger partial charge in [0.1, 0.15) is 0 Å². The zero-order chi connectivity index (χ0) is 20.3. The van der Waals surface area contributed by atoms with Crippen LogP contribution in [0.15, 0.2) is 42.6 Å². The first-order chi connectivity index (χ1) is 13.2.